The van der Waals surface area contributed by atoms with Gasteiger partial charge in [0.25, 0.3) is 0 Å². The van der Waals surface area contributed by atoms with Crippen LogP contribution in [0.5, 0.6) is 5.75 Å². The number of rotatable bonds is 6. The maximum atomic E-state index is 14.0. The van der Waals surface area contributed by atoms with Gasteiger partial charge in [0.2, 0.25) is 5.95 Å². The molecule has 1 aromatic carbocycles. The highest BCUT2D eigenvalue weighted by atomic mass is 35.5. The molecule has 0 radical (unpaired) electrons. The second kappa shape index (κ2) is 6.65. The van der Waals surface area contributed by atoms with Gasteiger partial charge in [-0.2, -0.15) is 4.39 Å². The van der Waals surface area contributed by atoms with Gasteiger partial charge in [-0.15, -0.1) is 0 Å². The summed E-state index contributed by atoms with van der Waals surface area (Å²) in [7, 11) is 0. The molecule has 0 saturated heterocycles. The van der Waals surface area contributed by atoms with E-state index in [2.05, 4.69) is 10.3 Å². The molecular formula is C17H16ClFN2O3. The van der Waals surface area contributed by atoms with Gasteiger partial charge in [-0.1, -0.05) is 23.7 Å². The third kappa shape index (κ3) is 3.94. The Kier molecular flexibility index (Phi) is 4.57. The molecule has 0 unspecified atom stereocenters. The Labute approximate surface area is 143 Å². The van der Waals surface area contributed by atoms with Gasteiger partial charge in [0, 0.05) is 22.5 Å². The summed E-state index contributed by atoms with van der Waals surface area (Å²) in [5, 5.41) is 11.6. The van der Waals surface area contributed by atoms with Crippen molar-refractivity contribution in [3.8, 4) is 16.9 Å². The highest BCUT2D eigenvalue weighted by Gasteiger charge is 2.43. The van der Waals surface area contributed by atoms with Crippen LogP contribution in [0.1, 0.15) is 12.8 Å². The second-order valence-electron chi connectivity index (χ2n) is 5.96. The van der Waals surface area contributed by atoms with Crippen molar-refractivity contribution < 1.29 is 19.0 Å². The third-order valence-corrected chi connectivity index (χ3v) is 4.34. The number of benzene rings is 1. The van der Waals surface area contributed by atoms with E-state index in [1.165, 1.54) is 6.20 Å². The molecule has 0 atom stereocenters. The molecule has 0 aliphatic heterocycles. The first-order valence-corrected chi connectivity index (χ1v) is 7.86. The first kappa shape index (κ1) is 16.5. The molecule has 1 aromatic heterocycles. The highest BCUT2D eigenvalue weighted by Crippen LogP contribution is 2.45. The van der Waals surface area contributed by atoms with Crippen LogP contribution in [0.25, 0.3) is 11.1 Å². The van der Waals surface area contributed by atoms with Crippen molar-refractivity contribution in [2.45, 2.75) is 12.8 Å². The lowest BCUT2D eigenvalue weighted by Gasteiger charge is -2.16. The molecule has 1 saturated carbocycles. The number of carboxylic acid groups (broad SMARTS) is 1. The predicted octanol–water partition coefficient (Wildman–Crippen LogP) is 3.97. The fourth-order valence-corrected chi connectivity index (χ4v) is 2.51. The van der Waals surface area contributed by atoms with Crippen molar-refractivity contribution in [1.82, 2.24) is 10.3 Å². The fraction of sp³-hybridized carbons (Fsp3) is 0.294. The van der Waals surface area contributed by atoms with E-state index in [4.69, 9.17) is 21.4 Å². The van der Waals surface area contributed by atoms with Crippen molar-refractivity contribution >= 4 is 17.7 Å². The Morgan fingerprint density at radius 1 is 1.38 bits per heavy atom. The van der Waals surface area contributed by atoms with Gasteiger partial charge in [0.15, 0.2) is 0 Å². The average Bonchev–Trinajstić information content (AvgIpc) is 3.34. The van der Waals surface area contributed by atoms with Crippen LogP contribution in [0.15, 0.2) is 36.5 Å². The van der Waals surface area contributed by atoms with Crippen molar-refractivity contribution in [3.05, 3.63) is 47.5 Å². The fourth-order valence-electron chi connectivity index (χ4n) is 2.39. The van der Waals surface area contributed by atoms with E-state index in [1.54, 1.807) is 30.3 Å². The normalized spacial score (nSPS) is 14.9. The van der Waals surface area contributed by atoms with Crippen LogP contribution < -0.4 is 10.1 Å². The Morgan fingerprint density at radius 2 is 2.08 bits per heavy atom. The van der Waals surface area contributed by atoms with Gasteiger partial charge in [0.1, 0.15) is 5.75 Å². The smallest absolute Gasteiger partial charge is 0.404 e. The van der Waals surface area contributed by atoms with Gasteiger partial charge in [-0.25, -0.2) is 9.78 Å². The molecule has 2 N–H and O–H groups in total. The van der Waals surface area contributed by atoms with Crippen LogP contribution >= 0.6 is 11.6 Å². The van der Waals surface area contributed by atoms with Crippen molar-refractivity contribution in [2.24, 2.45) is 5.41 Å². The minimum absolute atomic E-state index is 0.173. The van der Waals surface area contributed by atoms with E-state index in [0.29, 0.717) is 35.1 Å². The first-order valence-electron chi connectivity index (χ1n) is 7.49. The summed E-state index contributed by atoms with van der Waals surface area (Å²) in [5.74, 6) is -0.138. The average molecular weight is 351 g/mol. The minimum atomic E-state index is -1.05. The third-order valence-electron chi connectivity index (χ3n) is 4.09. The number of halogens is 2. The van der Waals surface area contributed by atoms with Crippen molar-refractivity contribution in [2.75, 3.05) is 13.2 Å². The molecule has 7 heteroatoms. The van der Waals surface area contributed by atoms with Gasteiger partial charge >= 0.3 is 6.09 Å². The predicted molar refractivity (Wildman–Crippen MR) is 87.8 cm³/mol. The molecule has 0 spiro atoms. The van der Waals surface area contributed by atoms with Crippen LogP contribution in [0.2, 0.25) is 5.02 Å². The Hall–Kier alpha value is -2.34. The lowest BCUT2D eigenvalue weighted by molar-refractivity contribution is 0.184. The van der Waals surface area contributed by atoms with Crippen LogP contribution in [0.4, 0.5) is 9.18 Å². The van der Waals surface area contributed by atoms with E-state index in [-0.39, 0.29) is 5.41 Å². The quantitative estimate of drug-likeness (QED) is 0.773. The molecule has 3 rings (SSSR count). The molecule has 2 aromatic rings. The molecule has 1 aliphatic rings. The lowest BCUT2D eigenvalue weighted by atomic mass is 10.1. The summed E-state index contributed by atoms with van der Waals surface area (Å²) in [5.41, 5.74) is 0.814. The van der Waals surface area contributed by atoms with Crippen LogP contribution in [0.3, 0.4) is 0 Å². The molecule has 126 valence electrons. The standard InChI is InChI=1S/C17H16ClFN2O3/c18-12-3-1-11(2-4-12)14-7-13(8-20-15(14)19)24-10-17(5-6-17)9-21-16(22)23/h1-4,7-8,21H,5-6,9-10H2,(H,22,23). The summed E-state index contributed by atoms with van der Waals surface area (Å²) in [6.07, 6.45) is 2.07. The van der Waals surface area contributed by atoms with Crippen LogP contribution in [-0.2, 0) is 0 Å². The SMILES string of the molecule is O=C(O)NCC1(COc2cnc(F)c(-c3ccc(Cl)cc3)c2)CC1. The van der Waals surface area contributed by atoms with E-state index in [0.717, 1.165) is 12.8 Å². The molecular weight excluding hydrogens is 335 g/mol. The lowest BCUT2D eigenvalue weighted by Crippen LogP contribution is -2.31. The monoisotopic (exact) mass is 350 g/mol. The van der Waals surface area contributed by atoms with Gasteiger partial charge in [0.05, 0.1) is 12.8 Å². The van der Waals surface area contributed by atoms with E-state index >= 15 is 0 Å². The Bertz CT molecular complexity index is 748. The molecule has 5 nitrogen and oxygen atoms in total. The zero-order valence-electron chi connectivity index (χ0n) is 12.8. The van der Waals surface area contributed by atoms with E-state index in [9.17, 15) is 9.18 Å². The molecule has 1 heterocycles. The van der Waals surface area contributed by atoms with Gasteiger partial charge in [-0.05, 0) is 36.6 Å². The number of carbonyl (C=O) groups is 1. The molecule has 0 bridgehead atoms. The molecule has 1 aliphatic carbocycles. The molecule has 1 fully saturated rings. The summed E-state index contributed by atoms with van der Waals surface area (Å²) in [6, 6.07) is 8.38. The van der Waals surface area contributed by atoms with Crippen molar-refractivity contribution in [3.63, 3.8) is 0 Å². The number of ether oxygens (including phenoxy) is 1. The number of amides is 1. The number of nitrogens with zero attached hydrogens (tertiary/aromatic N) is 1. The maximum Gasteiger partial charge on any atom is 0.404 e. The van der Waals surface area contributed by atoms with E-state index < -0.39 is 12.0 Å². The topological polar surface area (TPSA) is 71.5 Å². The summed E-state index contributed by atoms with van der Waals surface area (Å²) in [6.45, 7) is 0.710. The zero-order valence-corrected chi connectivity index (χ0v) is 13.5. The van der Waals surface area contributed by atoms with Crippen LogP contribution in [-0.4, -0.2) is 29.3 Å². The zero-order chi connectivity index (χ0) is 17.2. The largest absolute Gasteiger partial charge is 0.491 e. The summed E-state index contributed by atoms with van der Waals surface area (Å²) in [4.78, 5) is 14.3. The number of aromatic nitrogens is 1. The Balaban J connectivity index is 1.70. The highest BCUT2D eigenvalue weighted by molar-refractivity contribution is 6.30. The number of hydrogen-bond donors (Lipinski definition) is 2. The van der Waals surface area contributed by atoms with Crippen LogP contribution in [0, 0.1) is 11.4 Å². The number of pyridine rings is 1. The molecule has 24 heavy (non-hydrogen) atoms. The van der Waals surface area contributed by atoms with Gasteiger partial charge in [-0.3, -0.25) is 0 Å². The molecule has 1 amide bonds. The second-order valence-corrected chi connectivity index (χ2v) is 6.40. The Morgan fingerprint density at radius 3 is 2.71 bits per heavy atom. The van der Waals surface area contributed by atoms with Gasteiger partial charge < -0.3 is 15.2 Å². The van der Waals surface area contributed by atoms with Crippen molar-refractivity contribution in [1.29, 1.82) is 0 Å². The maximum absolute atomic E-state index is 14.0. The number of hydrogen-bond acceptors (Lipinski definition) is 3. The summed E-state index contributed by atoms with van der Waals surface area (Å²) < 4.78 is 19.7. The van der Waals surface area contributed by atoms with E-state index in [1.807, 2.05) is 0 Å². The number of nitrogens with one attached hydrogen (secondary N) is 1. The first-order chi connectivity index (χ1) is 11.5. The minimum Gasteiger partial charge on any atom is -0.491 e. The summed E-state index contributed by atoms with van der Waals surface area (Å²) >= 11 is 5.85.